The quantitative estimate of drug-likeness (QED) is 0.345. The third-order valence-corrected chi connectivity index (χ3v) is 6.25. The smallest absolute Gasteiger partial charge is 0.407 e. The average Bonchev–Trinajstić information content (AvgIpc) is 3.12. The minimum atomic E-state index is -1.30. The molecule has 4 rings (SSSR count). The van der Waals surface area contributed by atoms with Crippen LogP contribution in [-0.4, -0.2) is 34.7 Å². The molecule has 33 heavy (non-hydrogen) atoms. The minimum Gasteiger partial charge on any atom is -0.480 e. The molecule has 1 unspecified atom stereocenters. The maximum Gasteiger partial charge on any atom is 0.407 e. The van der Waals surface area contributed by atoms with Crippen LogP contribution in [0.1, 0.15) is 22.6 Å². The number of ether oxygens (including phenoxy) is 1. The van der Waals surface area contributed by atoms with Gasteiger partial charge in [-0.3, -0.25) is 10.1 Å². The highest BCUT2D eigenvalue weighted by molar-refractivity contribution is 9.10. The van der Waals surface area contributed by atoms with Crippen LogP contribution in [0.25, 0.3) is 11.1 Å². The normalized spacial score (nSPS) is 13.0. The van der Waals surface area contributed by atoms with Crippen molar-refractivity contribution in [1.29, 1.82) is 0 Å². The van der Waals surface area contributed by atoms with Gasteiger partial charge in [-0.15, -0.1) is 0 Å². The molecule has 1 aliphatic rings. The summed E-state index contributed by atoms with van der Waals surface area (Å²) in [5.74, 6) is -1.42. The van der Waals surface area contributed by atoms with Crippen LogP contribution >= 0.6 is 15.9 Å². The summed E-state index contributed by atoms with van der Waals surface area (Å²) < 4.78 is 5.69. The molecular formula is C24H19BrN2O6. The van der Waals surface area contributed by atoms with Gasteiger partial charge in [0.2, 0.25) is 0 Å². The summed E-state index contributed by atoms with van der Waals surface area (Å²) in [6, 6.07) is 18.8. The van der Waals surface area contributed by atoms with Gasteiger partial charge in [0.25, 0.3) is 5.69 Å². The summed E-state index contributed by atoms with van der Waals surface area (Å²) in [4.78, 5) is 34.7. The molecule has 168 valence electrons. The number of nitro groups is 1. The molecule has 0 aliphatic heterocycles. The number of carboxylic acids is 1. The molecule has 0 radical (unpaired) electrons. The second-order valence-corrected chi connectivity index (χ2v) is 8.46. The molecule has 1 amide bonds. The number of rotatable bonds is 7. The van der Waals surface area contributed by atoms with Crippen molar-refractivity contribution in [2.45, 2.75) is 18.4 Å². The van der Waals surface area contributed by atoms with Crippen LogP contribution in [0.5, 0.6) is 0 Å². The van der Waals surface area contributed by atoms with Crippen molar-refractivity contribution in [1.82, 2.24) is 5.32 Å². The van der Waals surface area contributed by atoms with Crippen LogP contribution in [0.3, 0.4) is 0 Å². The summed E-state index contributed by atoms with van der Waals surface area (Å²) >= 11 is 3.09. The van der Waals surface area contributed by atoms with E-state index < -0.39 is 23.0 Å². The molecule has 8 nitrogen and oxygen atoms in total. The van der Waals surface area contributed by atoms with Crippen molar-refractivity contribution >= 4 is 33.7 Å². The molecule has 9 heteroatoms. The first kappa shape index (κ1) is 22.5. The summed E-state index contributed by atoms with van der Waals surface area (Å²) in [6.45, 7) is 0.0515. The van der Waals surface area contributed by atoms with E-state index in [4.69, 9.17) is 4.74 Å². The highest BCUT2D eigenvalue weighted by Crippen LogP contribution is 2.44. The van der Waals surface area contributed by atoms with Gasteiger partial charge in [-0.2, -0.15) is 0 Å². The van der Waals surface area contributed by atoms with Crippen LogP contribution in [0.15, 0.2) is 71.2 Å². The number of aliphatic carboxylic acids is 1. The highest BCUT2D eigenvalue weighted by Gasteiger charge is 2.30. The third kappa shape index (κ3) is 4.73. The zero-order valence-electron chi connectivity index (χ0n) is 17.2. The summed E-state index contributed by atoms with van der Waals surface area (Å²) in [5, 5.41) is 23.0. The Kier molecular flexibility index (Phi) is 6.41. The lowest BCUT2D eigenvalue weighted by molar-refractivity contribution is -0.385. The number of carboxylic acid groups (broad SMARTS) is 1. The number of amides is 1. The number of nitrogens with zero attached hydrogens (tertiary/aromatic N) is 1. The van der Waals surface area contributed by atoms with Gasteiger partial charge < -0.3 is 15.2 Å². The molecule has 3 aromatic rings. The number of benzene rings is 3. The second-order valence-electron chi connectivity index (χ2n) is 7.61. The van der Waals surface area contributed by atoms with E-state index in [1.165, 1.54) is 12.1 Å². The molecule has 0 saturated heterocycles. The number of alkyl carbamates (subject to hydrolysis) is 1. The number of fused-ring (bicyclic) bond motifs is 3. The average molecular weight is 511 g/mol. The first-order chi connectivity index (χ1) is 15.8. The van der Waals surface area contributed by atoms with Crippen LogP contribution < -0.4 is 5.32 Å². The topological polar surface area (TPSA) is 119 Å². The Balaban J connectivity index is 1.44. The maximum absolute atomic E-state index is 12.4. The number of nitrogens with one attached hydrogen (secondary N) is 1. The number of nitro benzene ring substituents is 1. The van der Waals surface area contributed by atoms with Gasteiger partial charge in [0, 0.05) is 18.4 Å². The number of hydrogen-bond acceptors (Lipinski definition) is 5. The first-order valence-electron chi connectivity index (χ1n) is 10.1. The zero-order valence-corrected chi connectivity index (χ0v) is 18.8. The Morgan fingerprint density at radius 3 is 2.24 bits per heavy atom. The second kappa shape index (κ2) is 9.41. The van der Waals surface area contributed by atoms with Gasteiger partial charge in [-0.05, 0) is 49.8 Å². The summed E-state index contributed by atoms with van der Waals surface area (Å²) in [5.41, 5.74) is 4.48. The molecule has 1 aliphatic carbocycles. The lowest BCUT2D eigenvalue weighted by Crippen LogP contribution is -2.42. The van der Waals surface area contributed by atoms with Gasteiger partial charge >= 0.3 is 12.1 Å². The van der Waals surface area contributed by atoms with Crippen molar-refractivity contribution in [3.63, 3.8) is 0 Å². The van der Waals surface area contributed by atoms with E-state index in [2.05, 4.69) is 21.2 Å². The number of carbonyl (C=O) groups is 2. The van der Waals surface area contributed by atoms with E-state index in [0.717, 1.165) is 22.3 Å². The van der Waals surface area contributed by atoms with Gasteiger partial charge in [0.15, 0.2) is 0 Å². The van der Waals surface area contributed by atoms with Gasteiger partial charge in [0.05, 0.1) is 9.40 Å². The monoisotopic (exact) mass is 510 g/mol. The van der Waals surface area contributed by atoms with E-state index in [1.807, 2.05) is 48.5 Å². The van der Waals surface area contributed by atoms with E-state index in [9.17, 15) is 24.8 Å². The fourth-order valence-electron chi connectivity index (χ4n) is 4.04. The molecule has 0 aromatic heterocycles. The van der Waals surface area contributed by atoms with E-state index in [0.29, 0.717) is 5.56 Å². The lowest BCUT2D eigenvalue weighted by atomic mass is 9.98. The predicted octanol–water partition coefficient (Wildman–Crippen LogP) is 4.89. The highest BCUT2D eigenvalue weighted by atomic mass is 79.9. The first-order valence-corrected chi connectivity index (χ1v) is 10.9. The largest absolute Gasteiger partial charge is 0.480 e. The molecule has 0 heterocycles. The lowest BCUT2D eigenvalue weighted by Gasteiger charge is -2.17. The molecule has 0 bridgehead atoms. The third-order valence-electron chi connectivity index (χ3n) is 5.58. The zero-order chi connectivity index (χ0) is 23.5. The molecule has 0 fully saturated rings. The molecule has 3 aromatic carbocycles. The fraction of sp³-hybridized carbons (Fsp3) is 0.167. The van der Waals surface area contributed by atoms with Gasteiger partial charge in [0.1, 0.15) is 12.6 Å². The molecule has 0 spiro atoms. The molecule has 2 N–H and O–H groups in total. The van der Waals surface area contributed by atoms with Gasteiger partial charge in [-0.1, -0.05) is 54.6 Å². The Labute approximate surface area is 197 Å². The Morgan fingerprint density at radius 1 is 1.06 bits per heavy atom. The summed E-state index contributed by atoms with van der Waals surface area (Å²) in [6.07, 6.45) is -0.996. The predicted molar refractivity (Wildman–Crippen MR) is 124 cm³/mol. The Morgan fingerprint density at radius 2 is 1.67 bits per heavy atom. The standard InChI is InChI=1S/C24H19BrN2O6/c25-20-10-9-14(12-22(20)27(31)32)11-21(23(28)29)26-24(30)33-13-19-17-7-3-1-5-15(17)16-6-2-4-8-18(16)19/h1-10,12,19,21H,11,13H2,(H,26,30)(H,28,29). The van der Waals surface area contributed by atoms with Crippen molar-refractivity contribution in [3.8, 4) is 11.1 Å². The van der Waals surface area contributed by atoms with Crippen LogP contribution in [0.4, 0.5) is 10.5 Å². The van der Waals surface area contributed by atoms with Crippen molar-refractivity contribution in [3.05, 3.63) is 98.0 Å². The Hall–Kier alpha value is -3.72. The van der Waals surface area contributed by atoms with Gasteiger partial charge in [-0.25, -0.2) is 9.59 Å². The molecule has 1 atom stereocenters. The van der Waals surface area contributed by atoms with Crippen LogP contribution in [-0.2, 0) is 16.0 Å². The van der Waals surface area contributed by atoms with Crippen LogP contribution in [0.2, 0.25) is 0 Å². The van der Waals surface area contributed by atoms with Crippen molar-refractivity contribution in [2.24, 2.45) is 0 Å². The van der Waals surface area contributed by atoms with Crippen molar-refractivity contribution in [2.75, 3.05) is 6.61 Å². The number of carbonyl (C=O) groups excluding carboxylic acids is 1. The number of hydrogen-bond donors (Lipinski definition) is 2. The maximum atomic E-state index is 12.4. The molecule has 0 saturated carbocycles. The summed E-state index contributed by atoms with van der Waals surface area (Å²) in [7, 11) is 0. The van der Waals surface area contributed by atoms with Crippen molar-refractivity contribution < 1.29 is 24.4 Å². The SMILES string of the molecule is O=C(NC(Cc1ccc(Br)c([N+](=O)[O-])c1)C(=O)O)OCC1c2ccccc2-c2ccccc21. The minimum absolute atomic E-state index is 0.0515. The van der Waals surface area contributed by atoms with E-state index in [1.54, 1.807) is 6.07 Å². The fourth-order valence-corrected chi connectivity index (χ4v) is 4.43. The Bertz CT molecular complexity index is 1200. The van der Waals surface area contributed by atoms with Crippen LogP contribution in [0, 0.1) is 10.1 Å². The van der Waals surface area contributed by atoms with E-state index >= 15 is 0 Å². The van der Waals surface area contributed by atoms with E-state index in [-0.39, 0.29) is 29.1 Å². The number of halogens is 1. The molecular weight excluding hydrogens is 492 g/mol.